The highest BCUT2D eigenvalue weighted by atomic mass is 35.5. The Balaban J connectivity index is 1.69. The zero-order chi connectivity index (χ0) is 18.7. The van der Waals surface area contributed by atoms with Gasteiger partial charge in [-0.15, -0.1) is 0 Å². The number of aryl methyl sites for hydroxylation is 1. The van der Waals surface area contributed by atoms with Crippen molar-refractivity contribution in [1.82, 2.24) is 10.2 Å². The Morgan fingerprint density at radius 2 is 2.00 bits per heavy atom. The van der Waals surface area contributed by atoms with Crippen LogP contribution in [0.15, 0.2) is 40.8 Å². The van der Waals surface area contributed by atoms with Crippen LogP contribution < -0.4 is 5.32 Å². The minimum absolute atomic E-state index is 0.115. The molecule has 138 valence electrons. The van der Waals surface area contributed by atoms with E-state index in [1.165, 1.54) is 0 Å². The summed E-state index contributed by atoms with van der Waals surface area (Å²) in [5.74, 6) is 1.23. The standard InChI is InChI=1S/C19H21ClN2O4/c1-12-3-8-15(26-12)9-10-21-19(24)18-17(22(2)16(23)11-25-18)13-4-6-14(20)7-5-13/h3-8,17-18H,9-11H2,1-2H3,(H,21,24). The summed E-state index contributed by atoms with van der Waals surface area (Å²) in [6, 6.07) is 10.4. The van der Waals surface area contributed by atoms with Crippen molar-refractivity contribution in [3.05, 3.63) is 58.5 Å². The molecule has 0 aliphatic carbocycles. The van der Waals surface area contributed by atoms with Gasteiger partial charge in [0.2, 0.25) is 5.91 Å². The van der Waals surface area contributed by atoms with Gasteiger partial charge in [0, 0.05) is 25.0 Å². The first-order valence-corrected chi connectivity index (χ1v) is 8.79. The van der Waals surface area contributed by atoms with Crippen molar-refractivity contribution >= 4 is 23.4 Å². The number of hydrogen-bond donors (Lipinski definition) is 1. The molecule has 2 amide bonds. The Morgan fingerprint density at radius 1 is 1.27 bits per heavy atom. The number of furan rings is 1. The van der Waals surface area contributed by atoms with Crippen LogP contribution in [0.2, 0.25) is 5.02 Å². The molecule has 1 aliphatic rings. The van der Waals surface area contributed by atoms with Crippen LogP contribution in [-0.2, 0) is 20.7 Å². The van der Waals surface area contributed by atoms with Crippen LogP contribution in [0.5, 0.6) is 0 Å². The molecule has 2 aromatic rings. The highest BCUT2D eigenvalue weighted by Gasteiger charge is 2.39. The number of benzene rings is 1. The monoisotopic (exact) mass is 376 g/mol. The highest BCUT2D eigenvalue weighted by Crippen LogP contribution is 2.30. The van der Waals surface area contributed by atoms with E-state index < -0.39 is 12.1 Å². The average Bonchev–Trinajstić information content (AvgIpc) is 3.03. The summed E-state index contributed by atoms with van der Waals surface area (Å²) in [5.41, 5.74) is 0.798. The third-order valence-corrected chi connectivity index (χ3v) is 4.67. The fourth-order valence-electron chi connectivity index (χ4n) is 3.02. The van der Waals surface area contributed by atoms with Crippen LogP contribution in [0, 0.1) is 6.92 Å². The molecule has 1 aromatic heterocycles. The lowest BCUT2D eigenvalue weighted by molar-refractivity contribution is -0.162. The molecule has 0 saturated carbocycles. The van der Waals surface area contributed by atoms with Gasteiger partial charge < -0.3 is 19.4 Å². The van der Waals surface area contributed by atoms with Crippen LogP contribution >= 0.6 is 11.6 Å². The van der Waals surface area contributed by atoms with Crippen LogP contribution in [0.25, 0.3) is 0 Å². The van der Waals surface area contributed by atoms with Gasteiger partial charge in [0.1, 0.15) is 18.1 Å². The molecule has 0 bridgehead atoms. The molecule has 6 nitrogen and oxygen atoms in total. The van der Waals surface area contributed by atoms with Gasteiger partial charge in [-0.3, -0.25) is 9.59 Å². The Hall–Kier alpha value is -2.31. The van der Waals surface area contributed by atoms with E-state index >= 15 is 0 Å². The number of nitrogens with one attached hydrogen (secondary N) is 1. The molecule has 1 aliphatic heterocycles. The van der Waals surface area contributed by atoms with Gasteiger partial charge in [-0.25, -0.2) is 0 Å². The second-order valence-corrected chi connectivity index (χ2v) is 6.72. The normalized spacial score (nSPS) is 20.3. The maximum atomic E-state index is 12.7. The van der Waals surface area contributed by atoms with E-state index in [1.54, 1.807) is 36.2 Å². The summed E-state index contributed by atoms with van der Waals surface area (Å²) in [6.07, 6.45) is -0.190. The predicted octanol–water partition coefficient (Wildman–Crippen LogP) is 2.50. The van der Waals surface area contributed by atoms with Gasteiger partial charge in [0.15, 0.2) is 6.10 Å². The molecular weight excluding hydrogens is 356 g/mol. The van der Waals surface area contributed by atoms with E-state index in [0.717, 1.165) is 17.1 Å². The lowest BCUT2D eigenvalue weighted by Crippen LogP contribution is -2.53. The van der Waals surface area contributed by atoms with Gasteiger partial charge in [-0.1, -0.05) is 23.7 Å². The predicted molar refractivity (Wildman–Crippen MR) is 96.9 cm³/mol. The van der Waals surface area contributed by atoms with Gasteiger partial charge in [0.25, 0.3) is 5.91 Å². The molecule has 3 rings (SSSR count). The number of carbonyl (C=O) groups excluding carboxylic acids is 2. The van der Waals surface area contributed by atoms with Crippen molar-refractivity contribution in [3.63, 3.8) is 0 Å². The number of amides is 2. The maximum absolute atomic E-state index is 12.7. The van der Waals surface area contributed by atoms with Crippen LogP contribution in [0.4, 0.5) is 0 Å². The Labute approximate surface area is 157 Å². The number of morpholine rings is 1. The third-order valence-electron chi connectivity index (χ3n) is 4.42. The molecule has 1 fully saturated rings. The van der Waals surface area contributed by atoms with Crippen LogP contribution in [0.1, 0.15) is 23.1 Å². The molecule has 26 heavy (non-hydrogen) atoms. The number of likely N-dealkylation sites (N-methyl/N-ethyl adjacent to an activating group) is 1. The number of ether oxygens (including phenoxy) is 1. The Bertz CT molecular complexity index is 787. The quantitative estimate of drug-likeness (QED) is 0.870. The van der Waals surface area contributed by atoms with Gasteiger partial charge >= 0.3 is 0 Å². The molecule has 2 atom stereocenters. The van der Waals surface area contributed by atoms with E-state index in [1.807, 2.05) is 19.1 Å². The number of hydrogen-bond acceptors (Lipinski definition) is 4. The van der Waals surface area contributed by atoms with Crippen molar-refractivity contribution in [2.45, 2.75) is 25.5 Å². The number of carbonyl (C=O) groups is 2. The molecule has 0 radical (unpaired) electrons. The minimum atomic E-state index is -0.780. The molecule has 7 heteroatoms. The largest absolute Gasteiger partial charge is 0.466 e. The van der Waals surface area contributed by atoms with Crippen molar-refractivity contribution in [2.24, 2.45) is 0 Å². The van der Waals surface area contributed by atoms with Crippen molar-refractivity contribution < 1.29 is 18.7 Å². The number of nitrogens with zero attached hydrogens (tertiary/aromatic N) is 1. The highest BCUT2D eigenvalue weighted by molar-refractivity contribution is 6.30. The molecule has 1 saturated heterocycles. The Kier molecular flexibility index (Phi) is 5.64. The van der Waals surface area contributed by atoms with E-state index in [2.05, 4.69) is 5.32 Å². The average molecular weight is 377 g/mol. The molecule has 0 spiro atoms. The van der Waals surface area contributed by atoms with Crippen molar-refractivity contribution in [2.75, 3.05) is 20.2 Å². The second-order valence-electron chi connectivity index (χ2n) is 6.29. The van der Waals surface area contributed by atoms with Crippen LogP contribution in [0.3, 0.4) is 0 Å². The molecular formula is C19H21ClN2O4. The number of halogens is 1. The molecule has 2 unspecified atom stereocenters. The first kappa shape index (κ1) is 18.5. The zero-order valence-corrected chi connectivity index (χ0v) is 15.5. The van der Waals surface area contributed by atoms with E-state index in [4.69, 9.17) is 20.8 Å². The van der Waals surface area contributed by atoms with E-state index in [9.17, 15) is 9.59 Å². The summed E-state index contributed by atoms with van der Waals surface area (Å²) in [7, 11) is 1.68. The molecule has 2 heterocycles. The molecule has 1 aromatic carbocycles. The smallest absolute Gasteiger partial charge is 0.251 e. The lowest BCUT2D eigenvalue weighted by atomic mass is 9.97. The summed E-state index contributed by atoms with van der Waals surface area (Å²) in [5, 5.41) is 3.46. The molecule has 1 N–H and O–H groups in total. The summed E-state index contributed by atoms with van der Waals surface area (Å²) in [6.45, 7) is 2.19. The van der Waals surface area contributed by atoms with E-state index in [-0.39, 0.29) is 18.4 Å². The second kappa shape index (κ2) is 7.93. The first-order chi connectivity index (χ1) is 12.5. The lowest BCUT2D eigenvalue weighted by Gasteiger charge is -2.38. The summed E-state index contributed by atoms with van der Waals surface area (Å²) in [4.78, 5) is 26.3. The van der Waals surface area contributed by atoms with Gasteiger partial charge in [-0.05, 0) is 36.8 Å². The van der Waals surface area contributed by atoms with Crippen molar-refractivity contribution in [3.8, 4) is 0 Å². The van der Waals surface area contributed by atoms with Gasteiger partial charge in [0.05, 0.1) is 6.04 Å². The summed E-state index contributed by atoms with van der Waals surface area (Å²) < 4.78 is 11.1. The van der Waals surface area contributed by atoms with Crippen LogP contribution in [-0.4, -0.2) is 43.0 Å². The number of rotatable bonds is 5. The van der Waals surface area contributed by atoms with E-state index in [0.29, 0.717) is 18.0 Å². The van der Waals surface area contributed by atoms with Crippen molar-refractivity contribution in [1.29, 1.82) is 0 Å². The first-order valence-electron chi connectivity index (χ1n) is 8.41. The SMILES string of the molecule is Cc1ccc(CCNC(=O)C2OCC(=O)N(C)C2c2ccc(Cl)cc2)o1. The van der Waals surface area contributed by atoms with Gasteiger partial charge in [-0.2, -0.15) is 0 Å². The summed E-state index contributed by atoms with van der Waals surface area (Å²) >= 11 is 5.94. The minimum Gasteiger partial charge on any atom is -0.466 e. The fraction of sp³-hybridized carbons (Fsp3) is 0.368. The third kappa shape index (κ3) is 4.08. The zero-order valence-electron chi connectivity index (χ0n) is 14.7. The fourth-order valence-corrected chi connectivity index (χ4v) is 3.14. The Morgan fingerprint density at radius 3 is 2.65 bits per heavy atom. The topological polar surface area (TPSA) is 71.8 Å². The maximum Gasteiger partial charge on any atom is 0.251 e.